The Morgan fingerprint density at radius 3 is 2.58 bits per heavy atom. The first-order valence-electron chi connectivity index (χ1n) is 11.3. The number of ether oxygens (including phenoxy) is 1. The van der Waals surface area contributed by atoms with Crippen molar-refractivity contribution in [3.05, 3.63) is 24.2 Å². The van der Waals surface area contributed by atoms with Crippen molar-refractivity contribution in [1.82, 2.24) is 15.5 Å². The van der Waals surface area contributed by atoms with Crippen molar-refractivity contribution in [2.24, 2.45) is 11.8 Å². The highest BCUT2D eigenvalue weighted by atomic mass is 16.5. The van der Waals surface area contributed by atoms with Crippen LogP contribution in [0.2, 0.25) is 0 Å². The number of ketones is 1. The van der Waals surface area contributed by atoms with Crippen LogP contribution in [0.25, 0.3) is 0 Å². The lowest BCUT2D eigenvalue weighted by atomic mass is 9.91. The smallest absolute Gasteiger partial charge is 0.255 e. The Labute approximate surface area is 184 Å². The summed E-state index contributed by atoms with van der Waals surface area (Å²) in [4.78, 5) is 40.4. The van der Waals surface area contributed by atoms with E-state index < -0.39 is 12.1 Å². The maximum Gasteiger partial charge on any atom is 0.255 e. The predicted octanol–water partition coefficient (Wildman–Crippen LogP) is 2.00. The first-order chi connectivity index (χ1) is 14.8. The van der Waals surface area contributed by atoms with Gasteiger partial charge in [0.05, 0.1) is 17.9 Å². The molecule has 0 spiro atoms. The summed E-state index contributed by atoms with van der Waals surface area (Å²) in [6.07, 6.45) is 5.99. The Bertz CT molecular complexity index is 742. The van der Waals surface area contributed by atoms with Crippen LogP contribution in [0.1, 0.15) is 56.8 Å². The van der Waals surface area contributed by atoms with E-state index in [1.807, 2.05) is 0 Å². The molecule has 2 fully saturated rings. The summed E-state index contributed by atoms with van der Waals surface area (Å²) in [5, 5.41) is 5.69. The van der Waals surface area contributed by atoms with Gasteiger partial charge in [-0.05, 0) is 56.7 Å². The molecule has 2 amide bonds. The van der Waals surface area contributed by atoms with Gasteiger partial charge in [-0.1, -0.05) is 20.8 Å². The summed E-state index contributed by atoms with van der Waals surface area (Å²) in [6, 6.07) is 0.148. The van der Waals surface area contributed by atoms with Gasteiger partial charge in [0.25, 0.3) is 5.91 Å². The van der Waals surface area contributed by atoms with Gasteiger partial charge in [0.15, 0.2) is 5.78 Å². The normalized spacial score (nSPS) is 23.8. The number of hydrogen-bond acceptors (Lipinski definition) is 6. The van der Waals surface area contributed by atoms with Gasteiger partial charge in [0.2, 0.25) is 5.91 Å². The second-order valence-electron chi connectivity index (χ2n) is 9.15. The first kappa shape index (κ1) is 23.5. The Kier molecular flexibility index (Phi) is 8.26. The van der Waals surface area contributed by atoms with Gasteiger partial charge in [0, 0.05) is 6.54 Å². The third-order valence-corrected chi connectivity index (χ3v) is 6.55. The molecule has 1 aromatic rings. The van der Waals surface area contributed by atoms with Gasteiger partial charge in [-0.2, -0.15) is 0 Å². The standard InChI is InChI=1S/C23H35N3O5/c1-15(2)16(3)6-7-18(24-22(28)17-8-11-30-13-17)23(29)25-21-19(27)14-31-20(21)12-26-9-4-5-10-26/h8,11,13,15-16,18,20-21H,4-7,9-10,12,14H2,1-3H3,(H,24,28)(H,25,29). The molecule has 0 radical (unpaired) electrons. The molecule has 2 saturated heterocycles. The molecule has 0 bridgehead atoms. The fraction of sp³-hybridized carbons (Fsp3) is 0.696. The number of hydrogen-bond donors (Lipinski definition) is 2. The molecule has 2 aliphatic rings. The molecular weight excluding hydrogens is 398 g/mol. The summed E-state index contributed by atoms with van der Waals surface area (Å²) in [5.74, 6) is 0.0493. The fourth-order valence-electron chi connectivity index (χ4n) is 4.05. The lowest BCUT2D eigenvalue weighted by Gasteiger charge is -2.26. The second kappa shape index (κ2) is 10.9. The number of rotatable bonds is 10. The Morgan fingerprint density at radius 2 is 1.94 bits per heavy atom. The average molecular weight is 434 g/mol. The van der Waals surface area contributed by atoms with Crippen LogP contribution in [0.15, 0.2) is 23.0 Å². The molecule has 4 unspecified atom stereocenters. The Morgan fingerprint density at radius 1 is 1.19 bits per heavy atom. The molecule has 3 heterocycles. The number of nitrogens with one attached hydrogen (secondary N) is 2. The van der Waals surface area contributed by atoms with Gasteiger partial charge in [0.1, 0.15) is 25.0 Å². The molecule has 2 aliphatic heterocycles. The zero-order valence-corrected chi connectivity index (χ0v) is 18.8. The number of Topliss-reactive ketones (excluding diaryl/α,β-unsaturated/α-hetero) is 1. The van der Waals surface area contributed by atoms with E-state index in [9.17, 15) is 14.4 Å². The Hall–Kier alpha value is -2.19. The zero-order chi connectivity index (χ0) is 22.4. The molecule has 4 atom stereocenters. The van der Waals surface area contributed by atoms with E-state index in [1.165, 1.54) is 12.5 Å². The highest BCUT2D eigenvalue weighted by Gasteiger charge is 2.39. The third kappa shape index (κ3) is 6.40. The van der Waals surface area contributed by atoms with Gasteiger partial charge in [-0.3, -0.25) is 14.4 Å². The van der Waals surface area contributed by atoms with Crippen LogP contribution in [0, 0.1) is 11.8 Å². The maximum absolute atomic E-state index is 13.1. The molecule has 8 heteroatoms. The van der Waals surface area contributed by atoms with E-state index in [-0.39, 0.29) is 30.3 Å². The maximum atomic E-state index is 13.1. The van der Waals surface area contributed by atoms with Crippen molar-refractivity contribution in [3.63, 3.8) is 0 Å². The number of carbonyl (C=O) groups is 3. The molecule has 0 aromatic carbocycles. The average Bonchev–Trinajstić information content (AvgIpc) is 3.50. The van der Waals surface area contributed by atoms with Crippen LogP contribution >= 0.6 is 0 Å². The van der Waals surface area contributed by atoms with Crippen LogP contribution in [0.3, 0.4) is 0 Å². The van der Waals surface area contributed by atoms with E-state index in [2.05, 4.69) is 36.3 Å². The molecule has 0 saturated carbocycles. The molecule has 172 valence electrons. The first-order valence-corrected chi connectivity index (χ1v) is 11.3. The quantitative estimate of drug-likeness (QED) is 0.585. The topological polar surface area (TPSA) is 101 Å². The number of nitrogens with zero attached hydrogens (tertiary/aromatic N) is 1. The summed E-state index contributed by atoms with van der Waals surface area (Å²) in [5.41, 5.74) is 0.363. The highest BCUT2D eigenvalue weighted by Crippen LogP contribution is 2.19. The molecule has 8 nitrogen and oxygen atoms in total. The largest absolute Gasteiger partial charge is 0.472 e. The van der Waals surface area contributed by atoms with Gasteiger partial charge in [-0.15, -0.1) is 0 Å². The van der Waals surface area contributed by atoms with Crippen molar-refractivity contribution in [2.75, 3.05) is 26.2 Å². The molecule has 2 N–H and O–H groups in total. The van der Waals surface area contributed by atoms with Crippen LogP contribution in [0.5, 0.6) is 0 Å². The minimum Gasteiger partial charge on any atom is -0.472 e. The lowest BCUT2D eigenvalue weighted by Crippen LogP contribution is -2.54. The SMILES string of the molecule is CC(C)C(C)CCC(NC(=O)c1ccoc1)C(=O)NC1C(=O)COC1CN1CCCC1. The summed E-state index contributed by atoms with van der Waals surface area (Å²) >= 11 is 0. The van der Waals surface area contributed by atoms with E-state index in [0.29, 0.717) is 30.4 Å². The van der Waals surface area contributed by atoms with Crippen molar-refractivity contribution in [3.8, 4) is 0 Å². The van der Waals surface area contributed by atoms with Crippen molar-refractivity contribution in [2.45, 2.75) is 64.6 Å². The van der Waals surface area contributed by atoms with Crippen molar-refractivity contribution >= 4 is 17.6 Å². The minimum atomic E-state index is -0.732. The number of carbonyl (C=O) groups excluding carboxylic acids is 3. The van der Waals surface area contributed by atoms with E-state index in [4.69, 9.17) is 9.15 Å². The van der Waals surface area contributed by atoms with Gasteiger partial charge in [-0.25, -0.2) is 0 Å². The van der Waals surface area contributed by atoms with E-state index in [1.54, 1.807) is 6.07 Å². The Balaban J connectivity index is 1.65. The van der Waals surface area contributed by atoms with Gasteiger partial charge >= 0.3 is 0 Å². The molecular formula is C23H35N3O5. The van der Waals surface area contributed by atoms with E-state index >= 15 is 0 Å². The van der Waals surface area contributed by atoms with Crippen LogP contribution in [-0.4, -0.2) is 66.9 Å². The summed E-state index contributed by atoms with van der Waals surface area (Å²) < 4.78 is 10.7. The van der Waals surface area contributed by atoms with E-state index in [0.717, 1.165) is 32.4 Å². The third-order valence-electron chi connectivity index (χ3n) is 6.55. The van der Waals surface area contributed by atoms with Crippen molar-refractivity contribution < 1.29 is 23.5 Å². The van der Waals surface area contributed by atoms with Crippen LogP contribution in [-0.2, 0) is 14.3 Å². The van der Waals surface area contributed by atoms with Crippen LogP contribution < -0.4 is 10.6 Å². The number of likely N-dealkylation sites (tertiary alicyclic amines) is 1. The van der Waals surface area contributed by atoms with Crippen LogP contribution in [0.4, 0.5) is 0 Å². The predicted molar refractivity (Wildman–Crippen MR) is 116 cm³/mol. The molecule has 3 rings (SSSR count). The van der Waals surface area contributed by atoms with Crippen molar-refractivity contribution in [1.29, 1.82) is 0 Å². The molecule has 0 aliphatic carbocycles. The molecule has 1 aromatic heterocycles. The minimum absolute atomic E-state index is 0.0138. The monoisotopic (exact) mass is 433 g/mol. The lowest BCUT2D eigenvalue weighted by molar-refractivity contribution is -0.127. The highest BCUT2D eigenvalue weighted by molar-refractivity contribution is 5.98. The van der Waals surface area contributed by atoms with Gasteiger partial charge < -0.3 is 24.7 Å². The summed E-state index contributed by atoms with van der Waals surface area (Å²) in [7, 11) is 0. The second-order valence-corrected chi connectivity index (χ2v) is 9.15. The molecule has 31 heavy (non-hydrogen) atoms. The zero-order valence-electron chi connectivity index (χ0n) is 18.8. The summed E-state index contributed by atoms with van der Waals surface area (Å²) in [6.45, 7) is 9.05. The fourth-order valence-corrected chi connectivity index (χ4v) is 4.05. The number of furan rings is 1. The number of amides is 2.